The summed E-state index contributed by atoms with van der Waals surface area (Å²) in [6.07, 6.45) is 10.7. The number of halogens is 1. The third-order valence-electron chi connectivity index (χ3n) is 8.96. The van der Waals surface area contributed by atoms with Gasteiger partial charge in [0.05, 0.1) is 0 Å². The van der Waals surface area contributed by atoms with Crippen LogP contribution < -0.4 is 9.64 Å². The molecule has 1 aliphatic carbocycles. The summed E-state index contributed by atoms with van der Waals surface area (Å²) in [5.41, 5.74) is 5.76. The zero-order chi connectivity index (χ0) is 31.0. The maximum atomic E-state index is 10.8. The number of nitrogens with zero attached hydrogens (tertiary/aromatic N) is 2. The quantitative estimate of drug-likeness (QED) is 0.101. The minimum absolute atomic E-state index is 0. The maximum absolute atomic E-state index is 10.8. The van der Waals surface area contributed by atoms with E-state index in [1.807, 2.05) is 30.3 Å². The number of para-hydroxylation sites is 2. The molecule has 0 spiro atoms. The molecule has 44 heavy (non-hydrogen) atoms. The van der Waals surface area contributed by atoms with Crippen LogP contribution in [0.1, 0.15) is 89.8 Å². The molecule has 1 aliphatic heterocycles. The molecule has 1 atom stereocenters. The van der Waals surface area contributed by atoms with Gasteiger partial charge in [-0.3, -0.25) is 0 Å². The Bertz CT molecular complexity index is 1380. The van der Waals surface area contributed by atoms with Crippen molar-refractivity contribution in [2.75, 3.05) is 4.90 Å². The van der Waals surface area contributed by atoms with Crippen LogP contribution in [0.2, 0.25) is 0 Å². The molecule has 3 aromatic carbocycles. The number of ether oxygens (including phenoxy) is 1. The molecule has 2 aliphatic rings. The van der Waals surface area contributed by atoms with Gasteiger partial charge in [-0.25, -0.2) is 6.54 Å². The van der Waals surface area contributed by atoms with Gasteiger partial charge < -0.3 is 12.3 Å². The summed E-state index contributed by atoms with van der Waals surface area (Å²) < 4.78 is 7.46. The third kappa shape index (κ3) is 8.58. The monoisotopic (exact) mass is 705 g/mol. The summed E-state index contributed by atoms with van der Waals surface area (Å²) in [6.45, 7) is 14.7. The summed E-state index contributed by atoms with van der Waals surface area (Å²) in [5.74, 6) is 2.11. The van der Waals surface area contributed by atoms with E-state index >= 15 is 0 Å². The van der Waals surface area contributed by atoms with Gasteiger partial charge in [-0.2, -0.15) is 0 Å². The number of hydrogen-bond acceptors (Lipinski definition) is 4. The average molecular weight is 705 g/mol. The third-order valence-corrected chi connectivity index (χ3v) is 10.1. The minimum Gasteiger partial charge on any atom is -0.358 e. The summed E-state index contributed by atoms with van der Waals surface area (Å²) in [5, 5.41) is 10.8. The Hall–Kier alpha value is -2.56. The Morgan fingerprint density at radius 2 is 1.64 bits per heavy atom. The first-order chi connectivity index (χ1) is 20.6. The van der Waals surface area contributed by atoms with E-state index in [1.54, 1.807) is 10.7 Å². The molecular weight excluding hydrogens is 657 g/mol. The molecule has 0 unspecified atom stereocenters. The number of benzene rings is 3. The Kier molecular flexibility index (Phi) is 13.2. The number of non-ortho nitro benzene ring substituents is 1. The molecule has 0 bridgehead atoms. The van der Waals surface area contributed by atoms with E-state index in [2.05, 4.69) is 64.3 Å². The van der Waals surface area contributed by atoms with E-state index in [0.29, 0.717) is 22.5 Å². The van der Waals surface area contributed by atoms with Gasteiger partial charge in [0, 0.05) is 11.2 Å². The van der Waals surface area contributed by atoms with Crippen molar-refractivity contribution in [3.05, 3.63) is 108 Å². The van der Waals surface area contributed by atoms with E-state index in [-0.39, 0.29) is 18.7 Å². The fourth-order valence-electron chi connectivity index (χ4n) is 6.92. The molecule has 0 aromatic heterocycles. The van der Waals surface area contributed by atoms with Crippen molar-refractivity contribution < 1.29 is 25.3 Å². The molecule has 7 heteroatoms. The fraction of sp³-hybridized carbons (Fsp3) is 0.432. The zero-order valence-electron chi connectivity index (χ0n) is 27.1. The van der Waals surface area contributed by atoms with Crippen LogP contribution in [0.15, 0.2) is 66.7 Å². The van der Waals surface area contributed by atoms with Crippen LogP contribution in [-0.2, 0) is 28.5 Å². The van der Waals surface area contributed by atoms with Gasteiger partial charge in [0.15, 0.2) is 0 Å². The zero-order valence-corrected chi connectivity index (χ0v) is 29.6. The molecule has 0 amide bonds. The van der Waals surface area contributed by atoms with Gasteiger partial charge >= 0.3 is 121 Å². The topological polar surface area (TPSA) is 55.6 Å². The molecule has 0 N–H and O–H groups in total. The number of nitro groups is 1. The van der Waals surface area contributed by atoms with E-state index < -0.39 is 20.6 Å². The molecule has 2 fully saturated rings. The number of hydrogen-bond donors (Lipinski definition) is 0. The second-order valence-electron chi connectivity index (χ2n) is 12.5. The van der Waals surface area contributed by atoms with Crippen LogP contribution in [0.4, 0.5) is 11.4 Å². The Morgan fingerprint density at radius 1 is 1.00 bits per heavy atom. The van der Waals surface area contributed by atoms with Crippen molar-refractivity contribution in [1.29, 1.82) is 0 Å². The number of nitro benzene ring substituents is 1. The van der Waals surface area contributed by atoms with Crippen LogP contribution in [0.25, 0.3) is 0 Å². The van der Waals surface area contributed by atoms with Gasteiger partial charge in [0.1, 0.15) is 0 Å². The Morgan fingerprint density at radius 3 is 2.20 bits per heavy atom. The van der Waals surface area contributed by atoms with Crippen LogP contribution in [-0.4, -0.2) is 15.1 Å². The SMILES string of the molecule is CCc1cccc(CC)c1N1[CH-][C@](C)(C2CCCCC2)CC1(C)C.O=[N+]([O-])c1ccc(Oc2ccccc2)c([CH]=[Ru][Cl])c1.[CH3-]. The molecular formula is C37H48ClN2O3Ru-2. The van der Waals surface area contributed by atoms with E-state index in [4.69, 9.17) is 14.4 Å². The smallest absolute Gasteiger partial charge is 0.358 e. The summed E-state index contributed by atoms with van der Waals surface area (Å²) in [4.78, 5) is 13.0. The van der Waals surface area contributed by atoms with Crippen molar-refractivity contribution in [2.24, 2.45) is 11.3 Å². The molecule has 5 rings (SSSR count). The second-order valence-corrected chi connectivity index (χ2v) is 14.3. The molecule has 241 valence electrons. The Labute approximate surface area is 276 Å². The van der Waals surface area contributed by atoms with Gasteiger partial charge in [-0.15, -0.1) is 5.41 Å². The van der Waals surface area contributed by atoms with Crippen molar-refractivity contribution in [2.45, 2.75) is 91.5 Å². The number of anilines is 1. The van der Waals surface area contributed by atoms with Crippen LogP contribution in [0.3, 0.4) is 0 Å². The number of aryl methyl sites for hydroxylation is 2. The largest absolute Gasteiger partial charge is 0.358 e. The van der Waals surface area contributed by atoms with Gasteiger partial charge in [-0.05, 0) is 37.8 Å². The molecule has 3 aromatic rings. The van der Waals surface area contributed by atoms with Gasteiger partial charge in [-0.1, -0.05) is 83.4 Å². The predicted molar refractivity (Wildman–Crippen MR) is 182 cm³/mol. The molecule has 1 saturated heterocycles. The second kappa shape index (κ2) is 16.1. The summed E-state index contributed by atoms with van der Waals surface area (Å²) >= 11 is -0.487. The van der Waals surface area contributed by atoms with Crippen molar-refractivity contribution >= 4 is 25.7 Å². The van der Waals surface area contributed by atoms with Crippen molar-refractivity contribution in [3.63, 3.8) is 0 Å². The van der Waals surface area contributed by atoms with Crippen LogP contribution >= 0.6 is 9.69 Å². The first kappa shape index (κ1) is 35.9. The van der Waals surface area contributed by atoms with Crippen LogP contribution in [0.5, 0.6) is 11.5 Å². The normalized spacial score (nSPS) is 19.8. The van der Waals surface area contributed by atoms with E-state index in [1.165, 1.54) is 67.5 Å². The summed E-state index contributed by atoms with van der Waals surface area (Å²) in [7, 11) is 5.75. The van der Waals surface area contributed by atoms with Gasteiger partial charge in [0.25, 0.3) is 0 Å². The average Bonchev–Trinajstić information content (AvgIpc) is 3.27. The van der Waals surface area contributed by atoms with Gasteiger partial charge in [0.2, 0.25) is 0 Å². The Balaban J connectivity index is 0.000000241. The standard InChI is InChI=1S/C23H36N.C13H9NO3.CH3.ClH.Ru/c1-6-18-12-11-13-19(7-2)21(18)24-17-23(5,16-22(24,3)4)20-14-9-8-10-15-20;1-10-9-11(14(15)16)7-8-13(10)17-12-5-3-2-4-6-12;;;/h11-13,17,20H,6-10,14-16H2,1-5H3;1-9H;1H3;1H;/q-1;;-1;;+1/p-1/t23-;;;;/m1..../s1. The van der Waals surface area contributed by atoms with Crippen molar-refractivity contribution in [1.82, 2.24) is 0 Å². The molecule has 1 saturated carbocycles. The molecule has 0 radical (unpaired) electrons. The van der Waals surface area contributed by atoms with E-state index in [9.17, 15) is 10.1 Å². The number of rotatable bonds is 8. The summed E-state index contributed by atoms with van der Waals surface area (Å²) in [6, 6.07) is 20.6. The molecule has 5 nitrogen and oxygen atoms in total. The first-order valence-corrected chi connectivity index (χ1v) is 18.7. The van der Waals surface area contributed by atoms with Crippen LogP contribution in [0, 0.1) is 35.4 Å². The molecule has 1 heterocycles. The predicted octanol–water partition coefficient (Wildman–Crippen LogP) is 10.8. The van der Waals surface area contributed by atoms with Crippen molar-refractivity contribution in [3.8, 4) is 11.5 Å². The minimum atomic E-state index is -0.487. The fourth-order valence-corrected chi connectivity index (χ4v) is 8.00. The first-order valence-electron chi connectivity index (χ1n) is 15.4. The van der Waals surface area contributed by atoms with E-state index in [0.717, 1.165) is 18.8 Å². The maximum Gasteiger partial charge on any atom is -0.358 e.